The van der Waals surface area contributed by atoms with Crippen molar-refractivity contribution in [3.8, 4) is 33.4 Å². The molecule has 0 N–H and O–H groups in total. The zero-order valence-electron chi connectivity index (χ0n) is 29.8. The summed E-state index contributed by atoms with van der Waals surface area (Å²) >= 11 is 1.87. The highest BCUT2D eigenvalue weighted by atomic mass is 32.1. The third kappa shape index (κ3) is 5.16. The first-order valence-corrected chi connectivity index (χ1v) is 19.5. The van der Waals surface area contributed by atoms with Crippen LogP contribution in [0.1, 0.15) is 0 Å². The number of hydrogen-bond donors (Lipinski definition) is 0. The number of furan rings is 1. The molecule has 0 amide bonds. The van der Waals surface area contributed by atoms with E-state index in [2.05, 4.69) is 205 Å². The average molecular weight is 720 g/mol. The van der Waals surface area contributed by atoms with Gasteiger partial charge in [0.2, 0.25) is 0 Å². The second kappa shape index (κ2) is 12.9. The van der Waals surface area contributed by atoms with Gasteiger partial charge in [0.25, 0.3) is 0 Å². The van der Waals surface area contributed by atoms with Crippen molar-refractivity contribution >= 4 is 81.3 Å². The van der Waals surface area contributed by atoms with Crippen LogP contribution in [0.4, 0.5) is 17.1 Å². The minimum absolute atomic E-state index is 0.859. The Kier molecular flexibility index (Phi) is 7.39. The lowest BCUT2D eigenvalue weighted by molar-refractivity contribution is 0.669. The van der Waals surface area contributed by atoms with Gasteiger partial charge in [-0.1, -0.05) is 164 Å². The average Bonchev–Trinajstić information content (AvgIpc) is 3.84. The van der Waals surface area contributed by atoms with E-state index in [-0.39, 0.29) is 0 Å². The van der Waals surface area contributed by atoms with Gasteiger partial charge in [-0.05, 0) is 75.2 Å². The lowest BCUT2D eigenvalue weighted by Crippen LogP contribution is -2.11. The number of fused-ring (bicyclic) bond motifs is 7. The molecule has 9 aromatic carbocycles. The van der Waals surface area contributed by atoms with Crippen LogP contribution < -0.4 is 4.90 Å². The second-order valence-electron chi connectivity index (χ2n) is 14.0. The highest BCUT2D eigenvalue weighted by Gasteiger charge is 2.24. The lowest BCUT2D eigenvalue weighted by atomic mass is 9.95. The summed E-state index contributed by atoms with van der Waals surface area (Å²) in [6.07, 6.45) is 0. The Hall–Kier alpha value is -6.94. The quantitative estimate of drug-likeness (QED) is 0.170. The predicted octanol–water partition coefficient (Wildman–Crippen LogP) is 15.6. The van der Waals surface area contributed by atoms with Crippen LogP contribution in [0, 0.1) is 0 Å². The molecule has 0 unspecified atom stereocenters. The largest absolute Gasteiger partial charge is 0.454 e. The Morgan fingerprint density at radius 1 is 0.364 bits per heavy atom. The maximum atomic E-state index is 6.90. The molecular formula is C52H33NOS. The number of thiophene rings is 1. The number of hydrogen-bond acceptors (Lipinski definition) is 3. The molecule has 2 aromatic heterocycles. The summed E-state index contributed by atoms with van der Waals surface area (Å²) in [6, 6.07) is 72.0. The second-order valence-corrected chi connectivity index (χ2v) is 15.1. The molecular weight excluding hydrogens is 687 g/mol. The van der Waals surface area contributed by atoms with Crippen molar-refractivity contribution in [2.24, 2.45) is 0 Å². The SMILES string of the molecule is c1ccc(-c2ccc(N(c3ccc(-c4cccc5c4sc4ccccc45)cc3)c3ccc(-c4ccccc4)c4c3oc3ccccc34)c3ccccc23)cc1. The molecule has 0 atom stereocenters. The van der Waals surface area contributed by atoms with Crippen LogP contribution in [0.25, 0.3) is 86.3 Å². The van der Waals surface area contributed by atoms with Crippen LogP contribution in [0.3, 0.4) is 0 Å². The molecule has 55 heavy (non-hydrogen) atoms. The first-order chi connectivity index (χ1) is 27.3. The number of benzene rings is 9. The Bertz CT molecular complexity index is 3190. The van der Waals surface area contributed by atoms with Crippen molar-refractivity contribution in [3.05, 3.63) is 200 Å². The van der Waals surface area contributed by atoms with E-state index < -0.39 is 0 Å². The van der Waals surface area contributed by atoms with Crippen molar-refractivity contribution in [2.45, 2.75) is 0 Å². The molecule has 3 heteroatoms. The molecule has 0 fully saturated rings. The predicted molar refractivity (Wildman–Crippen MR) is 235 cm³/mol. The number of anilines is 3. The molecule has 2 heterocycles. The monoisotopic (exact) mass is 719 g/mol. The molecule has 0 aliphatic carbocycles. The first-order valence-electron chi connectivity index (χ1n) is 18.7. The third-order valence-electron chi connectivity index (χ3n) is 10.9. The molecule has 0 spiro atoms. The number of rotatable bonds is 6. The Morgan fingerprint density at radius 2 is 0.945 bits per heavy atom. The molecule has 258 valence electrons. The molecule has 11 aromatic rings. The Balaban J connectivity index is 1.16. The van der Waals surface area contributed by atoms with Crippen molar-refractivity contribution < 1.29 is 4.42 Å². The summed E-state index contributed by atoms with van der Waals surface area (Å²) in [5.41, 5.74) is 12.0. The van der Waals surface area contributed by atoms with Crippen molar-refractivity contribution in [1.82, 2.24) is 0 Å². The van der Waals surface area contributed by atoms with Crippen LogP contribution in [0.15, 0.2) is 205 Å². The molecule has 0 saturated carbocycles. The van der Waals surface area contributed by atoms with Gasteiger partial charge in [0.1, 0.15) is 5.58 Å². The maximum Gasteiger partial charge on any atom is 0.160 e. The van der Waals surface area contributed by atoms with Crippen molar-refractivity contribution in [1.29, 1.82) is 0 Å². The zero-order chi connectivity index (χ0) is 36.3. The Labute approximate surface area is 322 Å². The van der Waals surface area contributed by atoms with Crippen molar-refractivity contribution in [2.75, 3.05) is 4.90 Å². The normalized spacial score (nSPS) is 11.6. The molecule has 0 aliphatic heterocycles. The molecule has 0 aliphatic rings. The van der Waals surface area contributed by atoms with Crippen LogP contribution >= 0.6 is 11.3 Å². The molecule has 0 radical (unpaired) electrons. The van der Waals surface area contributed by atoms with E-state index in [1.54, 1.807) is 0 Å². The summed E-state index contributed by atoms with van der Waals surface area (Å²) in [6.45, 7) is 0. The van der Waals surface area contributed by atoms with Gasteiger partial charge in [-0.2, -0.15) is 0 Å². The van der Waals surface area contributed by atoms with Gasteiger partial charge in [0.05, 0.1) is 11.4 Å². The van der Waals surface area contributed by atoms with Crippen LogP contribution in [-0.2, 0) is 0 Å². The minimum atomic E-state index is 0.859. The van der Waals surface area contributed by atoms with E-state index in [1.165, 1.54) is 53.2 Å². The first kappa shape index (κ1) is 31.6. The van der Waals surface area contributed by atoms with Gasteiger partial charge in [0.15, 0.2) is 5.58 Å². The van der Waals surface area contributed by atoms with Gasteiger partial charge >= 0.3 is 0 Å². The van der Waals surface area contributed by atoms with E-state index >= 15 is 0 Å². The fourth-order valence-corrected chi connectivity index (χ4v) is 9.61. The molecule has 11 rings (SSSR count). The molecule has 0 saturated heterocycles. The molecule has 0 bridgehead atoms. The van der Waals surface area contributed by atoms with Gasteiger partial charge < -0.3 is 9.32 Å². The van der Waals surface area contributed by atoms with E-state index in [0.717, 1.165) is 50.1 Å². The summed E-state index contributed by atoms with van der Waals surface area (Å²) in [4.78, 5) is 2.39. The van der Waals surface area contributed by atoms with E-state index in [9.17, 15) is 0 Å². The van der Waals surface area contributed by atoms with Crippen molar-refractivity contribution in [3.63, 3.8) is 0 Å². The summed E-state index contributed by atoms with van der Waals surface area (Å²) < 4.78 is 9.53. The smallest absolute Gasteiger partial charge is 0.160 e. The maximum absolute atomic E-state index is 6.90. The number of nitrogens with zero attached hydrogens (tertiary/aromatic N) is 1. The highest BCUT2D eigenvalue weighted by Crippen LogP contribution is 2.49. The minimum Gasteiger partial charge on any atom is -0.454 e. The zero-order valence-corrected chi connectivity index (χ0v) is 30.6. The van der Waals surface area contributed by atoms with E-state index in [1.807, 2.05) is 11.3 Å². The standard InChI is InChI=1S/C52H33NOS/c1-3-14-34(15-4-1)38-30-32-46(42-19-8-7-18-41(38)42)53(37-28-26-36(27-29-37)40-22-13-23-44-43-20-10-12-25-49(43)55-52(40)44)47-33-31-39(35-16-5-2-6-17-35)50-45-21-9-11-24-48(45)54-51(47)50/h1-33H. The van der Waals surface area contributed by atoms with Crippen LogP contribution in [-0.4, -0.2) is 0 Å². The summed E-state index contributed by atoms with van der Waals surface area (Å²) in [5, 5.41) is 7.20. The topological polar surface area (TPSA) is 16.4 Å². The Morgan fingerprint density at radius 3 is 1.73 bits per heavy atom. The fraction of sp³-hybridized carbons (Fsp3) is 0. The van der Waals surface area contributed by atoms with Gasteiger partial charge in [0, 0.05) is 42.0 Å². The van der Waals surface area contributed by atoms with E-state index in [4.69, 9.17) is 4.42 Å². The van der Waals surface area contributed by atoms with Gasteiger partial charge in [-0.15, -0.1) is 11.3 Å². The highest BCUT2D eigenvalue weighted by molar-refractivity contribution is 7.26. The summed E-state index contributed by atoms with van der Waals surface area (Å²) in [5.74, 6) is 0. The van der Waals surface area contributed by atoms with Crippen LogP contribution in [0.5, 0.6) is 0 Å². The number of para-hydroxylation sites is 1. The van der Waals surface area contributed by atoms with Gasteiger partial charge in [-0.25, -0.2) is 0 Å². The van der Waals surface area contributed by atoms with Crippen LogP contribution in [0.2, 0.25) is 0 Å². The summed E-state index contributed by atoms with van der Waals surface area (Å²) in [7, 11) is 0. The fourth-order valence-electron chi connectivity index (χ4n) is 8.37. The van der Waals surface area contributed by atoms with E-state index in [0.29, 0.717) is 0 Å². The third-order valence-corrected chi connectivity index (χ3v) is 12.1. The molecule has 2 nitrogen and oxygen atoms in total. The van der Waals surface area contributed by atoms with Gasteiger partial charge in [-0.3, -0.25) is 0 Å². The lowest BCUT2D eigenvalue weighted by Gasteiger charge is -2.28.